The summed E-state index contributed by atoms with van der Waals surface area (Å²) in [5.41, 5.74) is 1.28. The van der Waals surface area contributed by atoms with Crippen molar-refractivity contribution in [1.29, 1.82) is 0 Å². The first-order valence-corrected chi connectivity index (χ1v) is 11.7. The van der Waals surface area contributed by atoms with Crippen LogP contribution < -0.4 is 23.7 Å². The fraction of sp³-hybridized carbons (Fsp3) is 0.120. The number of hydrogen-bond donors (Lipinski definition) is 0. The van der Waals surface area contributed by atoms with E-state index in [0.29, 0.717) is 33.3 Å². The van der Waals surface area contributed by atoms with Gasteiger partial charge in [0.25, 0.3) is 5.69 Å². The van der Waals surface area contributed by atoms with Gasteiger partial charge in [0.05, 0.1) is 42.7 Å². The molecular weight excluding hydrogens is 503 g/mol. The van der Waals surface area contributed by atoms with Crippen LogP contribution >= 0.6 is 11.3 Å². The van der Waals surface area contributed by atoms with Gasteiger partial charge in [0.2, 0.25) is 11.6 Å². The molecule has 0 saturated carbocycles. The van der Waals surface area contributed by atoms with Gasteiger partial charge in [-0.15, -0.1) is 11.3 Å². The zero-order valence-corrected chi connectivity index (χ0v) is 20.4. The van der Waals surface area contributed by atoms with E-state index in [4.69, 9.17) is 18.9 Å². The topological polar surface area (TPSA) is 110 Å². The number of rotatable bonds is 7. The molecule has 0 aliphatic carbocycles. The number of para-hydroxylation sites is 1. The van der Waals surface area contributed by atoms with Crippen molar-refractivity contribution in [3.05, 3.63) is 86.3 Å². The molecule has 0 atom stereocenters. The lowest BCUT2D eigenvalue weighted by atomic mass is 10.1. The molecule has 0 bridgehead atoms. The quantitative estimate of drug-likeness (QED) is 0.189. The van der Waals surface area contributed by atoms with Gasteiger partial charge in [-0.2, -0.15) is 5.10 Å². The molecule has 0 spiro atoms. The highest BCUT2D eigenvalue weighted by Crippen LogP contribution is 2.38. The van der Waals surface area contributed by atoms with Crippen molar-refractivity contribution in [3.63, 3.8) is 0 Å². The standard InChI is InChI=1S/C25H19FN4O6S/c1-33-16-7-8-22(34-2)17(10-16)21-13-37-25(28-19-6-4-3-5-18(19)26)29(21)27-12-15-9-23-24(36-14-35-23)11-20(15)30(31)32/h3-13H,14H2,1-2H3. The predicted octanol–water partition coefficient (Wildman–Crippen LogP) is 5.12. The number of halogens is 1. The maximum Gasteiger partial charge on any atom is 0.282 e. The molecule has 0 fully saturated rings. The Morgan fingerprint density at radius 3 is 2.62 bits per heavy atom. The number of benzene rings is 3. The van der Waals surface area contributed by atoms with E-state index in [-0.39, 0.29) is 29.5 Å². The molecule has 1 aliphatic rings. The normalized spacial score (nSPS) is 12.8. The Balaban J connectivity index is 1.71. The molecular formula is C25H19FN4O6S. The second-order valence-electron chi connectivity index (χ2n) is 7.61. The summed E-state index contributed by atoms with van der Waals surface area (Å²) < 4.78 is 37.4. The maximum atomic E-state index is 14.4. The van der Waals surface area contributed by atoms with Crippen LogP contribution in [-0.4, -0.2) is 36.8 Å². The van der Waals surface area contributed by atoms with Crippen molar-refractivity contribution in [2.24, 2.45) is 10.1 Å². The van der Waals surface area contributed by atoms with Gasteiger partial charge < -0.3 is 18.9 Å². The van der Waals surface area contributed by atoms with Crippen molar-refractivity contribution in [3.8, 4) is 34.3 Å². The zero-order valence-electron chi connectivity index (χ0n) is 19.6. The Labute approximate surface area is 213 Å². The van der Waals surface area contributed by atoms with Crippen molar-refractivity contribution >= 4 is 28.9 Å². The predicted molar refractivity (Wildman–Crippen MR) is 135 cm³/mol. The monoisotopic (exact) mass is 522 g/mol. The molecule has 10 nitrogen and oxygen atoms in total. The smallest absolute Gasteiger partial charge is 0.282 e. The molecule has 0 radical (unpaired) electrons. The Morgan fingerprint density at radius 2 is 1.89 bits per heavy atom. The van der Waals surface area contributed by atoms with E-state index in [1.54, 1.807) is 42.8 Å². The third kappa shape index (κ3) is 4.74. The molecule has 37 heavy (non-hydrogen) atoms. The van der Waals surface area contributed by atoms with E-state index in [1.165, 1.54) is 53.6 Å². The van der Waals surface area contributed by atoms with Crippen LogP contribution in [-0.2, 0) is 0 Å². The lowest BCUT2D eigenvalue weighted by Gasteiger charge is -2.11. The van der Waals surface area contributed by atoms with E-state index >= 15 is 0 Å². The van der Waals surface area contributed by atoms with E-state index < -0.39 is 10.7 Å². The van der Waals surface area contributed by atoms with Crippen molar-refractivity contribution in [2.45, 2.75) is 0 Å². The van der Waals surface area contributed by atoms with Crippen molar-refractivity contribution in [1.82, 2.24) is 4.68 Å². The number of aromatic nitrogens is 1. The summed E-state index contributed by atoms with van der Waals surface area (Å²) in [6, 6.07) is 14.1. The molecule has 0 N–H and O–H groups in total. The zero-order chi connectivity index (χ0) is 25.9. The highest BCUT2D eigenvalue weighted by atomic mass is 32.1. The van der Waals surface area contributed by atoms with Crippen LogP contribution in [0.4, 0.5) is 15.8 Å². The minimum atomic E-state index is -0.530. The summed E-state index contributed by atoms with van der Waals surface area (Å²) in [4.78, 5) is 16.0. The van der Waals surface area contributed by atoms with Crippen LogP contribution in [0.25, 0.3) is 11.3 Å². The molecule has 1 aromatic heterocycles. The van der Waals surface area contributed by atoms with Crippen LogP contribution in [0.3, 0.4) is 0 Å². The number of nitro groups is 1. The first-order chi connectivity index (χ1) is 18.0. The van der Waals surface area contributed by atoms with Gasteiger partial charge in [-0.25, -0.2) is 14.1 Å². The molecule has 0 unspecified atom stereocenters. The number of ether oxygens (including phenoxy) is 4. The minimum absolute atomic E-state index is 0.0299. The van der Waals surface area contributed by atoms with Crippen LogP contribution in [0.15, 0.2) is 70.1 Å². The summed E-state index contributed by atoms with van der Waals surface area (Å²) in [5, 5.41) is 18.0. The lowest BCUT2D eigenvalue weighted by Crippen LogP contribution is -2.12. The number of nitro benzene ring substituents is 1. The third-order valence-corrected chi connectivity index (χ3v) is 6.28. The summed E-state index contributed by atoms with van der Waals surface area (Å²) in [7, 11) is 3.08. The molecule has 3 aromatic carbocycles. The highest BCUT2D eigenvalue weighted by molar-refractivity contribution is 7.07. The van der Waals surface area contributed by atoms with Crippen molar-refractivity contribution in [2.75, 3.05) is 21.0 Å². The van der Waals surface area contributed by atoms with Gasteiger partial charge in [-0.1, -0.05) is 12.1 Å². The lowest BCUT2D eigenvalue weighted by molar-refractivity contribution is -0.385. The summed E-state index contributed by atoms with van der Waals surface area (Å²) >= 11 is 1.21. The van der Waals surface area contributed by atoms with Crippen molar-refractivity contribution < 1.29 is 28.3 Å². The average Bonchev–Trinajstić information content (AvgIpc) is 3.54. The molecule has 0 saturated heterocycles. The molecule has 5 rings (SSSR count). The minimum Gasteiger partial charge on any atom is -0.497 e. The number of fused-ring (bicyclic) bond motifs is 1. The van der Waals surface area contributed by atoms with Gasteiger partial charge in [0, 0.05) is 10.9 Å². The van der Waals surface area contributed by atoms with Gasteiger partial charge in [0.15, 0.2) is 11.5 Å². The SMILES string of the molecule is COc1ccc(OC)c(-c2csc(=Nc3ccccc3F)n2N=Cc2cc3c(cc2[N+](=O)[O-])OCO3)c1. The molecule has 12 heteroatoms. The third-order valence-electron chi connectivity index (χ3n) is 5.47. The second-order valence-corrected chi connectivity index (χ2v) is 8.45. The number of methoxy groups -OCH3 is 2. The Kier molecular flexibility index (Phi) is 6.56. The average molecular weight is 523 g/mol. The molecule has 0 amide bonds. The largest absolute Gasteiger partial charge is 0.497 e. The molecule has 1 aliphatic heterocycles. The Bertz CT molecular complexity index is 1600. The molecule has 4 aromatic rings. The van der Waals surface area contributed by atoms with E-state index in [1.807, 2.05) is 0 Å². The van der Waals surface area contributed by atoms with E-state index in [9.17, 15) is 14.5 Å². The van der Waals surface area contributed by atoms with Gasteiger partial charge >= 0.3 is 0 Å². The number of thiazole rings is 1. The van der Waals surface area contributed by atoms with Crippen LogP contribution in [0, 0.1) is 15.9 Å². The number of nitrogens with zero attached hydrogens (tertiary/aromatic N) is 4. The highest BCUT2D eigenvalue weighted by Gasteiger charge is 2.23. The van der Waals surface area contributed by atoms with Gasteiger partial charge in [-0.3, -0.25) is 10.1 Å². The van der Waals surface area contributed by atoms with Crippen LogP contribution in [0.2, 0.25) is 0 Å². The first-order valence-electron chi connectivity index (χ1n) is 10.8. The van der Waals surface area contributed by atoms with Crippen LogP contribution in [0.1, 0.15) is 5.56 Å². The van der Waals surface area contributed by atoms with Gasteiger partial charge in [0.1, 0.15) is 23.0 Å². The summed E-state index contributed by atoms with van der Waals surface area (Å²) in [5.74, 6) is 1.27. The van der Waals surface area contributed by atoms with Gasteiger partial charge in [-0.05, 0) is 36.4 Å². The second kappa shape index (κ2) is 10.1. The van der Waals surface area contributed by atoms with E-state index in [0.717, 1.165) is 0 Å². The Morgan fingerprint density at radius 1 is 1.11 bits per heavy atom. The summed E-state index contributed by atoms with van der Waals surface area (Å²) in [6.45, 7) is -0.0299. The van der Waals surface area contributed by atoms with Crippen LogP contribution in [0.5, 0.6) is 23.0 Å². The fourth-order valence-corrected chi connectivity index (χ4v) is 4.50. The summed E-state index contributed by atoms with van der Waals surface area (Å²) in [6.07, 6.45) is 1.32. The number of hydrogen-bond acceptors (Lipinski definition) is 9. The first kappa shape index (κ1) is 24.0. The fourth-order valence-electron chi connectivity index (χ4n) is 3.66. The van der Waals surface area contributed by atoms with E-state index in [2.05, 4.69) is 10.1 Å². The maximum absolute atomic E-state index is 14.4. The molecule has 188 valence electrons. The molecule has 2 heterocycles. The Hall–Kier alpha value is -4.71.